The number of anilines is 2. The van der Waals surface area contributed by atoms with Gasteiger partial charge in [0.25, 0.3) is 0 Å². The zero-order valence-corrected chi connectivity index (χ0v) is 16.6. The smallest absolute Gasteiger partial charge is 0.0864 e. The van der Waals surface area contributed by atoms with Crippen LogP contribution in [0.25, 0.3) is 11.1 Å². The highest BCUT2D eigenvalue weighted by atomic mass is 14.8. The molecule has 0 amide bonds. The summed E-state index contributed by atoms with van der Waals surface area (Å²) < 4.78 is 0. The first-order valence-corrected chi connectivity index (χ1v) is 10.6. The summed E-state index contributed by atoms with van der Waals surface area (Å²) in [4.78, 5) is 9.67. The van der Waals surface area contributed by atoms with Crippen LogP contribution in [0.15, 0.2) is 46.4 Å². The Morgan fingerprint density at radius 1 is 0.536 bits per heavy atom. The first-order chi connectivity index (χ1) is 13.7. The second-order valence-electron chi connectivity index (χ2n) is 8.02. The summed E-state index contributed by atoms with van der Waals surface area (Å²) in [6.07, 6.45) is 12.0. The Balaban J connectivity index is 1.60. The Kier molecular flexibility index (Phi) is 5.75. The Hall–Kier alpha value is -2.62. The number of hydrogen-bond acceptors (Lipinski definition) is 4. The van der Waals surface area contributed by atoms with Crippen molar-refractivity contribution in [2.45, 2.75) is 64.2 Å². The Labute approximate surface area is 167 Å². The minimum atomic E-state index is 0.729. The van der Waals surface area contributed by atoms with Crippen LogP contribution in [-0.4, -0.2) is 11.4 Å². The molecule has 0 spiro atoms. The molecule has 0 bridgehead atoms. The van der Waals surface area contributed by atoms with E-state index in [1.54, 1.807) is 0 Å². The summed E-state index contributed by atoms with van der Waals surface area (Å²) in [5, 5.41) is 0. The summed E-state index contributed by atoms with van der Waals surface area (Å²) in [6.45, 7) is 0. The third kappa shape index (κ3) is 4.44. The molecule has 2 saturated carbocycles. The van der Waals surface area contributed by atoms with Gasteiger partial charge in [-0.05, 0) is 86.8 Å². The molecule has 2 aromatic carbocycles. The highest BCUT2D eigenvalue weighted by Crippen LogP contribution is 2.34. The highest BCUT2D eigenvalue weighted by molar-refractivity contribution is 5.91. The van der Waals surface area contributed by atoms with Gasteiger partial charge in [0, 0.05) is 11.4 Å². The first kappa shape index (κ1) is 18.7. The first-order valence-electron chi connectivity index (χ1n) is 10.6. The predicted molar refractivity (Wildman–Crippen MR) is 121 cm³/mol. The molecule has 28 heavy (non-hydrogen) atoms. The molecule has 0 aromatic heterocycles. The van der Waals surface area contributed by atoms with Crippen molar-refractivity contribution >= 4 is 34.2 Å². The van der Waals surface area contributed by atoms with Gasteiger partial charge in [0.2, 0.25) is 0 Å². The van der Waals surface area contributed by atoms with Gasteiger partial charge in [0.05, 0.1) is 22.7 Å². The van der Waals surface area contributed by atoms with Gasteiger partial charge in [-0.25, -0.2) is 0 Å². The quantitative estimate of drug-likeness (QED) is 0.594. The summed E-state index contributed by atoms with van der Waals surface area (Å²) in [6, 6.07) is 12.2. The predicted octanol–water partition coefficient (Wildman–Crippen LogP) is 6.59. The number of nitrogens with zero attached hydrogens (tertiary/aromatic N) is 2. The number of benzene rings is 2. The lowest BCUT2D eigenvalue weighted by Gasteiger charge is -2.14. The average Bonchev–Trinajstić information content (AvgIpc) is 2.73. The molecule has 0 aliphatic heterocycles. The van der Waals surface area contributed by atoms with Crippen LogP contribution in [0.3, 0.4) is 0 Å². The van der Waals surface area contributed by atoms with E-state index in [0.717, 1.165) is 59.6 Å². The minimum absolute atomic E-state index is 0.729. The van der Waals surface area contributed by atoms with Crippen molar-refractivity contribution in [3.8, 4) is 11.1 Å². The molecule has 4 rings (SSSR count). The number of rotatable bonds is 3. The molecule has 4 N–H and O–H groups in total. The van der Waals surface area contributed by atoms with E-state index in [4.69, 9.17) is 21.5 Å². The van der Waals surface area contributed by atoms with Gasteiger partial charge in [-0.3, -0.25) is 9.98 Å². The van der Waals surface area contributed by atoms with Crippen LogP contribution in [0.5, 0.6) is 0 Å². The van der Waals surface area contributed by atoms with E-state index in [1.807, 2.05) is 24.3 Å². The molecule has 0 atom stereocenters. The maximum absolute atomic E-state index is 6.33. The van der Waals surface area contributed by atoms with E-state index in [0.29, 0.717) is 0 Å². The third-order valence-electron chi connectivity index (χ3n) is 5.81. The molecule has 0 saturated heterocycles. The van der Waals surface area contributed by atoms with Gasteiger partial charge in [0.1, 0.15) is 0 Å². The standard InChI is InChI=1S/C24H30N4/c25-21-13-11-18(16-24(21)28-20-9-5-2-6-10-20)17-12-14-23(22(26)15-17)27-19-7-3-1-4-8-19/h11-16H,1-10,25-26H2. The number of aliphatic imine (C=N–C) groups is 2. The van der Waals surface area contributed by atoms with Gasteiger partial charge >= 0.3 is 0 Å². The van der Waals surface area contributed by atoms with Crippen LogP contribution in [-0.2, 0) is 0 Å². The van der Waals surface area contributed by atoms with E-state index in [-0.39, 0.29) is 0 Å². The maximum atomic E-state index is 6.33. The van der Waals surface area contributed by atoms with Crippen LogP contribution < -0.4 is 11.5 Å². The van der Waals surface area contributed by atoms with Crippen molar-refractivity contribution in [1.29, 1.82) is 0 Å². The molecule has 2 aliphatic rings. The molecule has 2 fully saturated rings. The van der Waals surface area contributed by atoms with Gasteiger partial charge in [0.15, 0.2) is 0 Å². The van der Waals surface area contributed by atoms with Gasteiger partial charge in [-0.15, -0.1) is 0 Å². The Morgan fingerprint density at radius 2 is 1.07 bits per heavy atom. The van der Waals surface area contributed by atoms with Crippen LogP contribution >= 0.6 is 0 Å². The van der Waals surface area contributed by atoms with E-state index < -0.39 is 0 Å². The fraction of sp³-hybridized carbons (Fsp3) is 0.417. The largest absolute Gasteiger partial charge is 0.397 e. The van der Waals surface area contributed by atoms with Crippen molar-refractivity contribution < 1.29 is 0 Å². The normalized spacial score (nSPS) is 17.4. The molecule has 0 unspecified atom stereocenters. The number of hydrogen-bond donors (Lipinski definition) is 2. The van der Waals surface area contributed by atoms with Crippen molar-refractivity contribution in [3.63, 3.8) is 0 Å². The fourth-order valence-corrected chi connectivity index (χ4v) is 4.14. The lowest BCUT2D eigenvalue weighted by Crippen LogP contribution is -2.04. The molecule has 0 heterocycles. The molecular weight excluding hydrogens is 344 g/mol. The molecular formula is C24H30N4. The van der Waals surface area contributed by atoms with Crippen molar-refractivity contribution in [2.24, 2.45) is 9.98 Å². The van der Waals surface area contributed by atoms with Crippen LogP contribution in [0.4, 0.5) is 22.7 Å². The minimum Gasteiger partial charge on any atom is -0.397 e. The van der Waals surface area contributed by atoms with E-state index in [2.05, 4.69) is 12.1 Å². The number of nitrogens with two attached hydrogens (primary N) is 2. The van der Waals surface area contributed by atoms with Gasteiger partial charge < -0.3 is 11.5 Å². The lowest BCUT2D eigenvalue weighted by atomic mass is 9.98. The van der Waals surface area contributed by atoms with Crippen LogP contribution in [0, 0.1) is 0 Å². The van der Waals surface area contributed by atoms with Crippen molar-refractivity contribution in [3.05, 3.63) is 36.4 Å². The summed E-state index contributed by atoms with van der Waals surface area (Å²) >= 11 is 0. The van der Waals surface area contributed by atoms with Crippen LogP contribution in [0.2, 0.25) is 0 Å². The monoisotopic (exact) mass is 374 g/mol. The van der Waals surface area contributed by atoms with E-state index >= 15 is 0 Å². The summed E-state index contributed by atoms with van der Waals surface area (Å²) in [5.41, 5.74) is 20.5. The van der Waals surface area contributed by atoms with E-state index in [9.17, 15) is 0 Å². The molecule has 4 nitrogen and oxygen atoms in total. The molecule has 2 aromatic rings. The average molecular weight is 375 g/mol. The molecule has 146 valence electrons. The lowest BCUT2D eigenvalue weighted by molar-refractivity contribution is 0.667. The molecule has 4 heteroatoms. The zero-order valence-electron chi connectivity index (χ0n) is 16.6. The van der Waals surface area contributed by atoms with Gasteiger partial charge in [-0.2, -0.15) is 0 Å². The summed E-state index contributed by atoms with van der Waals surface area (Å²) in [7, 11) is 0. The Bertz CT molecular complexity index is 895. The summed E-state index contributed by atoms with van der Waals surface area (Å²) in [5.74, 6) is 0. The van der Waals surface area contributed by atoms with Crippen molar-refractivity contribution in [1.82, 2.24) is 0 Å². The van der Waals surface area contributed by atoms with E-state index in [1.165, 1.54) is 49.9 Å². The topological polar surface area (TPSA) is 76.8 Å². The second-order valence-corrected chi connectivity index (χ2v) is 8.02. The second kappa shape index (κ2) is 8.59. The zero-order chi connectivity index (χ0) is 19.3. The molecule has 2 aliphatic carbocycles. The van der Waals surface area contributed by atoms with Crippen LogP contribution in [0.1, 0.15) is 64.2 Å². The van der Waals surface area contributed by atoms with Crippen molar-refractivity contribution in [2.75, 3.05) is 11.5 Å². The fourth-order valence-electron chi connectivity index (χ4n) is 4.14. The molecule has 0 radical (unpaired) electrons. The third-order valence-corrected chi connectivity index (χ3v) is 5.81. The SMILES string of the molecule is Nc1cc(-c2ccc(N)c(N=C3CCCCC3)c2)ccc1N=C1CCCCC1. The Morgan fingerprint density at radius 3 is 1.68 bits per heavy atom. The maximum Gasteiger partial charge on any atom is 0.0864 e. The number of nitrogen functional groups attached to an aromatic ring is 2. The highest BCUT2D eigenvalue weighted by Gasteiger charge is 2.11. The van der Waals surface area contributed by atoms with Gasteiger partial charge in [-0.1, -0.05) is 25.0 Å².